The minimum atomic E-state index is -0.238. The van der Waals surface area contributed by atoms with Gasteiger partial charge in [0, 0.05) is 22.8 Å². The summed E-state index contributed by atoms with van der Waals surface area (Å²) in [6.45, 7) is 6.86. The molecule has 0 atom stereocenters. The topological polar surface area (TPSA) is 102 Å². The van der Waals surface area contributed by atoms with Crippen LogP contribution < -0.4 is 5.32 Å². The Morgan fingerprint density at radius 1 is 1.21 bits per heavy atom. The van der Waals surface area contributed by atoms with Crippen LogP contribution in [0.15, 0.2) is 52.2 Å². The molecule has 4 aromatic rings. The Kier molecular flexibility index (Phi) is 7.10. The molecular formula is C24H23ClN6O2S. The molecular weight excluding hydrogens is 472 g/mol. The summed E-state index contributed by atoms with van der Waals surface area (Å²) in [5, 5.41) is 22.5. The van der Waals surface area contributed by atoms with E-state index in [0.29, 0.717) is 40.5 Å². The van der Waals surface area contributed by atoms with Crippen LogP contribution in [0.1, 0.15) is 29.5 Å². The fourth-order valence-corrected chi connectivity index (χ4v) is 4.61. The number of anilines is 1. The van der Waals surface area contributed by atoms with Gasteiger partial charge in [0.25, 0.3) is 0 Å². The van der Waals surface area contributed by atoms with Crippen LogP contribution in [-0.4, -0.2) is 31.0 Å². The Balaban J connectivity index is 1.51. The van der Waals surface area contributed by atoms with Crippen LogP contribution in [0.3, 0.4) is 0 Å². The van der Waals surface area contributed by atoms with Gasteiger partial charge in [0.15, 0.2) is 11.0 Å². The number of aromatic nitrogens is 4. The standard InChI is InChI=1S/C24H23ClN6O2S/c1-4-30-22(17-7-9-18(25)10-8-17)28-29-24(30)34-14-21(32)27-23-20(12-26)15(2)16(3)31(23)13-19-6-5-11-33-19/h5-11H,4,13-14H2,1-3H3,(H,27,32). The molecule has 34 heavy (non-hydrogen) atoms. The first kappa shape index (κ1) is 23.7. The Bertz CT molecular complexity index is 1350. The zero-order valence-electron chi connectivity index (χ0n) is 19.0. The maximum absolute atomic E-state index is 12.9. The van der Waals surface area contributed by atoms with Gasteiger partial charge in [-0.15, -0.1) is 10.2 Å². The van der Waals surface area contributed by atoms with Crippen molar-refractivity contribution in [1.82, 2.24) is 19.3 Å². The number of furan rings is 1. The number of amides is 1. The average molecular weight is 495 g/mol. The normalized spacial score (nSPS) is 10.9. The first-order valence-corrected chi connectivity index (χ1v) is 12.0. The molecule has 3 heterocycles. The third-order valence-corrected chi connectivity index (χ3v) is 6.78. The fraction of sp³-hybridized carbons (Fsp3) is 0.250. The molecule has 3 aromatic heterocycles. The summed E-state index contributed by atoms with van der Waals surface area (Å²) in [6, 6.07) is 13.3. The number of nitrogens with zero attached hydrogens (tertiary/aromatic N) is 5. The highest BCUT2D eigenvalue weighted by Gasteiger charge is 2.21. The summed E-state index contributed by atoms with van der Waals surface area (Å²) in [7, 11) is 0. The van der Waals surface area contributed by atoms with Gasteiger partial charge in [0.1, 0.15) is 17.6 Å². The molecule has 4 rings (SSSR count). The van der Waals surface area contributed by atoms with Crippen LogP contribution in [0.4, 0.5) is 5.82 Å². The van der Waals surface area contributed by atoms with Crippen LogP contribution in [0.2, 0.25) is 5.02 Å². The minimum Gasteiger partial charge on any atom is -0.467 e. The van der Waals surface area contributed by atoms with Gasteiger partial charge >= 0.3 is 0 Å². The van der Waals surface area contributed by atoms with E-state index in [1.165, 1.54) is 11.8 Å². The first-order chi connectivity index (χ1) is 16.4. The average Bonchev–Trinajstić information content (AvgIpc) is 3.54. The summed E-state index contributed by atoms with van der Waals surface area (Å²) in [5.41, 5.74) is 3.07. The maximum Gasteiger partial charge on any atom is 0.235 e. The van der Waals surface area contributed by atoms with Gasteiger partial charge in [-0.3, -0.25) is 4.79 Å². The van der Waals surface area contributed by atoms with Crippen LogP contribution in [0, 0.1) is 25.2 Å². The van der Waals surface area contributed by atoms with Crippen molar-refractivity contribution in [3.63, 3.8) is 0 Å². The third-order valence-electron chi connectivity index (χ3n) is 5.56. The lowest BCUT2D eigenvalue weighted by Crippen LogP contribution is -2.19. The van der Waals surface area contributed by atoms with Crippen LogP contribution in [-0.2, 0) is 17.9 Å². The summed E-state index contributed by atoms with van der Waals surface area (Å²) < 4.78 is 9.31. The zero-order valence-corrected chi connectivity index (χ0v) is 20.6. The lowest BCUT2D eigenvalue weighted by atomic mass is 10.2. The van der Waals surface area contributed by atoms with E-state index in [0.717, 1.165) is 22.6 Å². The summed E-state index contributed by atoms with van der Waals surface area (Å²) in [4.78, 5) is 12.9. The SMILES string of the molecule is CCn1c(SCC(=O)Nc2c(C#N)c(C)c(C)n2Cc2ccco2)nnc1-c1ccc(Cl)cc1. The maximum atomic E-state index is 12.9. The third kappa shape index (κ3) is 4.74. The summed E-state index contributed by atoms with van der Waals surface area (Å²) >= 11 is 7.29. The number of nitrogens with one attached hydrogen (secondary N) is 1. The van der Waals surface area contributed by atoms with E-state index in [1.807, 2.05) is 54.2 Å². The van der Waals surface area contributed by atoms with Gasteiger partial charge in [0.2, 0.25) is 5.91 Å². The lowest BCUT2D eigenvalue weighted by molar-refractivity contribution is -0.113. The largest absolute Gasteiger partial charge is 0.467 e. The summed E-state index contributed by atoms with van der Waals surface area (Å²) in [5.74, 6) is 1.80. The number of hydrogen-bond acceptors (Lipinski definition) is 6. The van der Waals surface area contributed by atoms with E-state index in [-0.39, 0.29) is 11.7 Å². The molecule has 0 fully saturated rings. The summed E-state index contributed by atoms with van der Waals surface area (Å²) in [6.07, 6.45) is 1.60. The Morgan fingerprint density at radius 3 is 2.62 bits per heavy atom. The van der Waals surface area contributed by atoms with E-state index in [4.69, 9.17) is 16.0 Å². The van der Waals surface area contributed by atoms with Gasteiger partial charge in [0.05, 0.1) is 24.1 Å². The molecule has 0 radical (unpaired) electrons. The van der Waals surface area contributed by atoms with Gasteiger partial charge in [-0.2, -0.15) is 5.26 Å². The molecule has 0 unspecified atom stereocenters. The Labute approximate surface area is 206 Å². The molecule has 0 saturated carbocycles. The first-order valence-electron chi connectivity index (χ1n) is 10.7. The van der Waals surface area contributed by atoms with Crippen molar-refractivity contribution in [1.29, 1.82) is 5.26 Å². The van der Waals surface area contributed by atoms with Crippen LogP contribution >= 0.6 is 23.4 Å². The molecule has 1 N–H and O–H groups in total. The van der Waals surface area contributed by atoms with Crippen molar-refractivity contribution in [2.24, 2.45) is 0 Å². The molecule has 0 aliphatic rings. The predicted molar refractivity (Wildman–Crippen MR) is 132 cm³/mol. The second kappa shape index (κ2) is 10.2. The van der Waals surface area contributed by atoms with E-state index in [2.05, 4.69) is 21.6 Å². The van der Waals surface area contributed by atoms with Gasteiger partial charge in [-0.25, -0.2) is 0 Å². The van der Waals surface area contributed by atoms with E-state index in [1.54, 1.807) is 18.4 Å². The smallest absolute Gasteiger partial charge is 0.235 e. The van der Waals surface area contributed by atoms with Crippen molar-refractivity contribution >= 4 is 35.1 Å². The van der Waals surface area contributed by atoms with Gasteiger partial charge in [-0.1, -0.05) is 23.4 Å². The molecule has 1 aromatic carbocycles. The van der Waals surface area contributed by atoms with Crippen molar-refractivity contribution in [2.75, 3.05) is 11.1 Å². The quantitative estimate of drug-likeness (QED) is 0.334. The highest BCUT2D eigenvalue weighted by molar-refractivity contribution is 7.99. The number of nitriles is 1. The van der Waals surface area contributed by atoms with E-state index < -0.39 is 0 Å². The monoisotopic (exact) mass is 494 g/mol. The van der Waals surface area contributed by atoms with E-state index >= 15 is 0 Å². The second-order valence-corrected chi connectivity index (χ2v) is 8.98. The number of carbonyl (C=O) groups is 1. The predicted octanol–water partition coefficient (Wildman–Crippen LogP) is 5.28. The molecule has 0 spiro atoms. The fourth-order valence-electron chi connectivity index (χ4n) is 3.68. The molecule has 0 aliphatic heterocycles. The van der Waals surface area contributed by atoms with Crippen LogP contribution in [0.25, 0.3) is 11.4 Å². The molecule has 8 nitrogen and oxygen atoms in total. The van der Waals surface area contributed by atoms with Crippen molar-refractivity contribution in [3.05, 3.63) is 70.3 Å². The number of halogens is 1. The Hall–Kier alpha value is -3.48. The number of rotatable bonds is 8. The molecule has 0 bridgehead atoms. The highest BCUT2D eigenvalue weighted by Crippen LogP contribution is 2.29. The Morgan fingerprint density at radius 2 is 1.97 bits per heavy atom. The number of benzene rings is 1. The second-order valence-electron chi connectivity index (χ2n) is 7.61. The van der Waals surface area contributed by atoms with Crippen molar-refractivity contribution in [3.8, 4) is 17.5 Å². The molecule has 0 aliphatic carbocycles. The highest BCUT2D eigenvalue weighted by atomic mass is 35.5. The lowest BCUT2D eigenvalue weighted by Gasteiger charge is -2.12. The number of hydrogen-bond donors (Lipinski definition) is 1. The zero-order chi connectivity index (χ0) is 24.2. The molecule has 174 valence electrons. The molecule has 0 saturated heterocycles. The van der Waals surface area contributed by atoms with Gasteiger partial charge < -0.3 is 18.9 Å². The minimum absolute atomic E-state index is 0.119. The number of thioether (sulfide) groups is 1. The molecule has 10 heteroatoms. The van der Waals surface area contributed by atoms with Crippen molar-refractivity contribution < 1.29 is 9.21 Å². The van der Waals surface area contributed by atoms with Crippen LogP contribution in [0.5, 0.6) is 0 Å². The van der Waals surface area contributed by atoms with E-state index in [9.17, 15) is 10.1 Å². The number of carbonyl (C=O) groups excluding carboxylic acids is 1. The van der Waals surface area contributed by atoms with Crippen molar-refractivity contribution in [2.45, 2.75) is 39.0 Å². The van der Waals surface area contributed by atoms with Gasteiger partial charge in [-0.05, 0) is 62.7 Å². The molecule has 1 amide bonds.